The molecule has 2 fully saturated rings. The number of aliphatic hydroxyl groups is 1. The lowest BCUT2D eigenvalue weighted by atomic mass is 9.82. The van der Waals surface area contributed by atoms with Gasteiger partial charge in [-0.1, -0.05) is 84.9 Å². The molecule has 0 bridgehead atoms. The highest BCUT2D eigenvalue weighted by molar-refractivity contribution is 6.91. The summed E-state index contributed by atoms with van der Waals surface area (Å²) in [6.07, 6.45) is 6.80. The Morgan fingerprint density at radius 3 is 2.39 bits per heavy atom. The molecular formula is C46H57N3O6Si. The number of anilines is 2. The maximum absolute atomic E-state index is 15.4. The number of ether oxygens (including phenoxy) is 2. The summed E-state index contributed by atoms with van der Waals surface area (Å²) < 4.78 is 12.9. The Kier molecular flexibility index (Phi) is 11.2. The topological polar surface area (TPSA) is 99.6 Å². The van der Waals surface area contributed by atoms with Crippen molar-refractivity contribution in [2.45, 2.75) is 103 Å². The Morgan fingerprint density at radius 1 is 1.02 bits per heavy atom. The van der Waals surface area contributed by atoms with Gasteiger partial charge in [0.1, 0.15) is 5.75 Å². The second kappa shape index (κ2) is 15.8. The van der Waals surface area contributed by atoms with Crippen LogP contribution in [-0.4, -0.2) is 74.8 Å². The molecule has 56 heavy (non-hydrogen) atoms. The molecule has 9 nitrogen and oxygen atoms in total. The van der Waals surface area contributed by atoms with E-state index >= 15 is 4.79 Å². The van der Waals surface area contributed by atoms with Crippen molar-refractivity contribution in [1.29, 1.82) is 0 Å². The molecule has 5 atom stereocenters. The molecule has 3 amide bonds. The third kappa shape index (κ3) is 7.05. The molecule has 4 aliphatic rings. The van der Waals surface area contributed by atoms with Crippen molar-refractivity contribution in [3.05, 3.63) is 107 Å². The van der Waals surface area contributed by atoms with Crippen molar-refractivity contribution in [2.75, 3.05) is 36.6 Å². The minimum atomic E-state index is -2.53. The molecular weight excluding hydrogens is 719 g/mol. The van der Waals surface area contributed by atoms with Crippen molar-refractivity contribution in [3.8, 4) is 5.75 Å². The molecule has 1 N–H and O–H groups in total. The second-order valence-electron chi connectivity index (χ2n) is 17.0. The van der Waals surface area contributed by atoms with E-state index in [4.69, 9.17) is 9.47 Å². The molecule has 2 saturated heterocycles. The zero-order chi connectivity index (χ0) is 39.9. The molecule has 3 aromatic rings. The molecule has 4 aliphatic heterocycles. The first-order valence-electron chi connectivity index (χ1n) is 20.2. The van der Waals surface area contributed by atoms with Crippen LogP contribution in [0.2, 0.25) is 18.6 Å². The summed E-state index contributed by atoms with van der Waals surface area (Å²) in [7, 11) is -0.872. The molecule has 0 saturated carbocycles. The van der Waals surface area contributed by atoms with Gasteiger partial charge in [-0.05, 0) is 87.0 Å². The van der Waals surface area contributed by atoms with E-state index in [1.54, 1.807) is 12.0 Å². The molecule has 1 spiro atoms. The van der Waals surface area contributed by atoms with Gasteiger partial charge in [0.2, 0.25) is 11.8 Å². The summed E-state index contributed by atoms with van der Waals surface area (Å²) in [5.41, 5.74) is 5.54. The van der Waals surface area contributed by atoms with Crippen LogP contribution in [0.25, 0.3) is 0 Å². The Balaban J connectivity index is 1.30. The monoisotopic (exact) mass is 775 g/mol. The first kappa shape index (κ1) is 39.7. The Hall–Kier alpha value is -4.51. The van der Waals surface area contributed by atoms with E-state index in [1.165, 1.54) is 16.3 Å². The summed E-state index contributed by atoms with van der Waals surface area (Å²) in [6.45, 7) is 14.4. The van der Waals surface area contributed by atoms with Gasteiger partial charge >= 0.3 is 0 Å². The number of β-lactam (4-membered cyclic amide) rings is 1. The summed E-state index contributed by atoms with van der Waals surface area (Å²) in [4.78, 5) is 48.2. The lowest BCUT2D eigenvalue weighted by Crippen LogP contribution is -2.52. The molecule has 296 valence electrons. The Bertz CT molecular complexity index is 2060. The van der Waals surface area contributed by atoms with Gasteiger partial charge in [0.15, 0.2) is 5.60 Å². The number of hydrogen-bond donors (Lipinski definition) is 1. The van der Waals surface area contributed by atoms with Crippen LogP contribution in [0.4, 0.5) is 11.4 Å². The maximum Gasteiger partial charge on any atom is 0.264 e. The number of aliphatic hydroxyl groups excluding tert-OH is 1. The predicted molar refractivity (Wildman–Crippen MR) is 224 cm³/mol. The average Bonchev–Trinajstić information content (AvgIpc) is 3.61. The van der Waals surface area contributed by atoms with Crippen LogP contribution >= 0.6 is 0 Å². The van der Waals surface area contributed by atoms with Gasteiger partial charge in [0.05, 0.1) is 46.0 Å². The lowest BCUT2D eigenvalue weighted by Gasteiger charge is -2.39. The van der Waals surface area contributed by atoms with Crippen LogP contribution in [0.5, 0.6) is 5.75 Å². The molecule has 0 radical (unpaired) electrons. The number of benzene rings is 3. The molecule has 0 aliphatic carbocycles. The molecule has 0 unspecified atom stereocenters. The molecule has 0 aromatic heterocycles. The number of amides is 3. The fourth-order valence-electron chi connectivity index (χ4n) is 9.71. The van der Waals surface area contributed by atoms with Crippen LogP contribution in [0, 0.1) is 5.92 Å². The highest BCUT2D eigenvalue weighted by atomic mass is 28.3. The minimum absolute atomic E-state index is 0.0615. The first-order valence-corrected chi connectivity index (χ1v) is 23.2. The van der Waals surface area contributed by atoms with Gasteiger partial charge in [-0.2, -0.15) is 0 Å². The fourth-order valence-corrected chi connectivity index (χ4v) is 13.7. The number of allylic oxidation sites excluding steroid dienone is 3. The number of hydrogen-bond acceptors (Lipinski definition) is 6. The molecule has 7 rings (SSSR count). The van der Waals surface area contributed by atoms with E-state index in [1.807, 2.05) is 52.3 Å². The van der Waals surface area contributed by atoms with Gasteiger partial charge in [0, 0.05) is 43.2 Å². The van der Waals surface area contributed by atoms with Crippen molar-refractivity contribution in [1.82, 2.24) is 4.90 Å². The third-order valence-electron chi connectivity index (χ3n) is 13.0. The van der Waals surface area contributed by atoms with E-state index in [-0.39, 0.29) is 48.3 Å². The summed E-state index contributed by atoms with van der Waals surface area (Å²) in [5.74, 6) is 0.313. The summed E-state index contributed by atoms with van der Waals surface area (Å²) in [6, 6.07) is 21.9. The predicted octanol–water partition coefficient (Wildman–Crippen LogP) is 7.02. The SMILES string of the molecule is COc1ccc([Si](C)(C)[C@H]2[C@H](CC(=O)N3Cc4ccccc4C[C@H]3CO)O[C@@]3(C(=O)N(C/C=C(\C)CCC=C(C)C)c4ccc(N5CCC5=O)cc43)[C@@H]2C)cc1. The first-order chi connectivity index (χ1) is 26.8. The standard InChI is InChI=1S/C46H57N3O6Si/c1-30(2)11-10-12-31(3)21-23-48-40-20-15-35(47-24-22-42(47)51)26-39(40)46(45(48)53)32(4)44(56(6,7)38-18-16-37(54-5)17-19-38)41(55-46)27-43(52)49-28-34-14-9-8-13-33(34)25-36(49)29-50/h8-9,11,13-21,26,32,36,41,44,50H,10,12,22-25,27-29H2,1-7H3/b31-21+/t32-,36+,41+,44-,46+/m1/s1. The summed E-state index contributed by atoms with van der Waals surface area (Å²) in [5, 5.41) is 11.7. The van der Waals surface area contributed by atoms with E-state index < -0.39 is 19.8 Å². The summed E-state index contributed by atoms with van der Waals surface area (Å²) >= 11 is 0. The van der Waals surface area contributed by atoms with E-state index in [2.05, 4.69) is 77.2 Å². The number of fused-ring (bicyclic) bond motifs is 3. The highest BCUT2D eigenvalue weighted by Gasteiger charge is 2.66. The lowest BCUT2D eigenvalue weighted by molar-refractivity contribution is -0.150. The second-order valence-corrected chi connectivity index (χ2v) is 21.7. The highest BCUT2D eigenvalue weighted by Crippen LogP contribution is 2.60. The Morgan fingerprint density at radius 2 is 1.75 bits per heavy atom. The third-order valence-corrected chi connectivity index (χ3v) is 17.3. The minimum Gasteiger partial charge on any atom is -0.497 e. The zero-order valence-electron chi connectivity index (χ0n) is 34.0. The number of rotatable bonds is 12. The van der Waals surface area contributed by atoms with Crippen LogP contribution in [0.3, 0.4) is 0 Å². The van der Waals surface area contributed by atoms with Crippen molar-refractivity contribution >= 4 is 42.4 Å². The van der Waals surface area contributed by atoms with Crippen molar-refractivity contribution in [3.63, 3.8) is 0 Å². The molecule has 10 heteroatoms. The van der Waals surface area contributed by atoms with Crippen molar-refractivity contribution < 1.29 is 29.0 Å². The van der Waals surface area contributed by atoms with Crippen LogP contribution in [-0.2, 0) is 37.7 Å². The number of carbonyl (C=O) groups is 3. The fraction of sp³-hybridized carbons (Fsp3) is 0.457. The number of nitrogens with zero attached hydrogens (tertiary/aromatic N) is 3. The van der Waals surface area contributed by atoms with Gasteiger partial charge < -0.3 is 29.3 Å². The van der Waals surface area contributed by atoms with Crippen LogP contribution in [0.15, 0.2) is 90.0 Å². The Labute approximate surface area is 333 Å². The van der Waals surface area contributed by atoms with E-state index in [0.29, 0.717) is 32.5 Å². The van der Waals surface area contributed by atoms with Gasteiger partial charge in [-0.25, -0.2) is 0 Å². The van der Waals surface area contributed by atoms with Gasteiger partial charge in [-0.3, -0.25) is 14.4 Å². The van der Waals surface area contributed by atoms with Gasteiger partial charge in [-0.15, -0.1) is 0 Å². The van der Waals surface area contributed by atoms with E-state index in [0.717, 1.165) is 46.7 Å². The quantitative estimate of drug-likeness (QED) is 0.121. The molecule has 3 aromatic carbocycles. The molecule has 4 heterocycles. The van der Waals surface area contributed by atoms with Crippen molar-refractivity contribution in [2.24, 2.45) is 5.92 Å². The largest absolute Gasteiger partial charge is 0.497 e. The average molecular weight is 776 g/mol. The van der Waals surface area contributed by atoms with Crippen LogP contribution < -0.4 is 19.7 Å². The zero-order valence-corrected chi connectivity index (χ0v) is 35.0. The number of methoxy groups -OCH3 is 1. The number of carbonyl (C=O) groups excluding carboxylic acids is 3. The normalized spacial score (nSPS) is 24.6. The van der Waals surface area contributed by atoms with Gasteiger partial charge in [0.25, 0.3) is 5.91 Å². The maximum atomic E-state index is 15.4. The van der Waals surface area contributed by atoms with Crippen LogP contribution in [0.1, 0.15) is 70.1 Å². The van der Waals surface area contributed by atoms with E-state index in [9.17, 15) is 14.7 Å². The smallest absolute Gasteiger partial charge is 0.264 e.